The van der Waals surface area contributed by atoms with Crippen LogP contribution in [0, 0.1) is 10.1 Å². The molecule has 0 spiro atoms. The maximum absolute atomic E-state index is 12.6. The number of ether oxygens (including phenoxy) is 2. The topological polar surface area (TPSA) is 137 Å². The third kappa shape index (κ3) is 7.64. The summed E-state index contributed by atoms with van der Waals surface area (Å²) in [6, 6.07) is 5.81. The van der Waals surface area contributed by atoms with Crippen molar-refractivity contribution >= 4 is 23.6 Å². The third-order valence-electron chi connectivity index (χ3n) is 4.10. The largest absolute Gasteiger partial charge is 0.446 e. The molecule has 2 amide bonds. The van der Waals surface area contributed by atoms with E-state index in [9.17, 15) is 19.7 Å². The lowest BCUT2D eigenvalue weighted by molar-refractivity contribution is -0.384. The Kier molecular flexibility index (Phi) is 9.33. The molecule has 1 aromatic carbocycles. The van der Waals surface area contributed by atoms with Crippen molar-refractivity contribution in [3.8, 4) is 0 Å². The summed E-state index contributed by atoms with van der Waals surface area (Å²) in [5, 5.41) is 13.4. The Labute approximate surface area is 178 Å². The lowest BCUT2D eigenvalue weighted by Gasteiger charge is -2.19. The summed E-state index contributed by atoms with van der Waals surface area (Å²) in [5.74, 6) is -0.537. The van der Waals surface area contributed by atoms with Crippen molar-refractivity contribution in [1.82, 2.24) is 15.2 Å². The van der Waals surface area contributed by atoms with Crippen molar-refractivity contribution in [2.24, 2.45) is 0 Å². The Hall–Kier alpha value is -3.57. The molecule has 1 heterocycles. The van der Waals surface area contributed by atoms with Gasteiger partial charge < -0.3 is 24.1 Å². The van der Waals surface area contributed by atoms with Crippen LogP contribution in [-0.4, -0.2) is 67.1 Å². The molecule has 31 heavy (non-hydrogen) atoms. The van der Waals surface area contributed by atoms with Gasteiger partial charge in [-0.05, 0) is 23.8 Å². The zero-order valence-corrected chi connectivity index (χ0v) is 17.3. The SMILES string of the molecule is COCCNC(=O)c1coc(CN(CCOC)C(=O)/C=C/c2ccc([N+](=O)[O-])cc2)n1. The summed E-state index contributed by atoms with van der Waals surface area (Å²) in [6.45, 7) is 1.32. The van der Waals surface area contributed by atoms with Gasteiger partial charge in [-0.25, -0.2) is 4.98 Å². The maximum atomic E-state index is 12.6. The molecule has 11 nitrogen and oxygen atoms in total. The van der Waals surface area contributed by atoms with E-state index >= 15 is 0 Å². The Morgan fingerprint density at radius 3 is 2.58 bits per heavy atom. The Balaban J connectivity index is 2.03. The fourth-order valence-electron chi connectivity index (χ4n) is 2.46. The third-order valence-corrected chi connectivity index (χ3v) is 4.10. The van der Waals surface area contributed by atoms with E-state index in [2.05, 4.69) is 10.3 Å². The second-order valence-electron chi connectivity index (χ2n) is 6.31. The number of nitrogens with one attached hydrogen (secondary N) is 1. The molecule has 0 saturated carbocycles. The lowest BCUT2D eigenvalue weighted by Crippen LogP contribution is -2.32. The van der Waals surface area contributed by atoms with Crippen molar-refractivity contribution in [1.29, 1.82) is 0 Å². The van der Waals surface area contributed by atoms with Gasteiger partial charge >= 0.3 is 0 Å². The van der Waals surface area contributed by atoms with Crippen LogP contribution < -0.4 is 5.32 Å². The number of hydrogen-bond donors (Lipinski definition) is 1. The van der Waals surface area contributed by atoms with E-state index in [1.165, 1.54) is 43.6 Å². The van der Waals surface area contributed by atoms with Crippen LogP contribution in [0.3, 0.4) is 0 Å². The molecule has 1 aromatic heterocycles. The first-order valence-corrected chi connectivity index (χ1v) is 9.36. The number of non-ortho nitro benzene ring substituents is 1. The van der Waals surface area contributed by atoms with Crippen molar-refractivity contribution in [2.45, 2.75) is 6.54 Å². The molecule has 0 fully saturated rings. The van der Waals surface area contributed by atoms with Crippen molar-refractivity contribution < 1.29 is 28.4 Å². The molecule has 11 heteroatoms. The Morgan fingerprint density at radius 1 is 1.23 bits per heavy atom. The number of carbonyl (C=O) groups is 2. The summed E-state index contributed by atoms with van der Waals surface area (Å²) in [5.41, 5.74) is 0.708. The van der Waals surface area contributed by atoms with Gasteiger partial charge in [0.2, 0.25) is 11.8 Å². The van der Waals surface area contributed by atoms with Crippen LogP contribution in [-0.2, 0) is 20.8 Å². The van der Waals surface area contributed by atoms with Gasteiger partial charge in [-0.15, -0.1) is 0 Å². The molecule has 0 atom stereocenters. The van der Waals surface area contributed by atoms with Crippen LogP contribution in [0.2, 0.25) is 0 Å². The van der Waals surface area contributed by atoms with E-state index in [4.69, 9.17) is 13.9 Å². The van der Waals surface area contributed by atoms with Crippen molar-refractivity contribution in [2.75, 3.05) is 40.5 Å². The molecule has 2 rings (SSSR count). The highest BCUT2D eigenvalue weighted by Crippen LogP contribution is 2.13. The Bertz CT molecular complexity index is 909. The van der Waals surface area contributed by atoms with Crippen LogP contribution in [0.4, 0.5) is 5.69 Å². The second kappa shape index (κ2) is 12.2. The number of benzene rings is 1. The number of rotatable bonds is 12. The number of oxazole rings is 1. The van der Waals surface area contributed by atoms with Crippen LogP contribution in [0.1, 0.15) is 21.9 Å². The van der Waals surface area contributed by atoms with Crippen LogP contribution in [0.5, 0.6) is 0 Å². The number of nitrogens with zero attached hydrogens (tertiary/aromatic N) is 3. The predicted molar refractivity (Wildman–Crippen MR) is 110 cm³/mol. The molecular weight excluding hydrogens is 408 g/mol. The van der Waals surface area contributed by atoms with Crippen LogP contribution >= 0.6 is 0 Å². The van der Waals surface area contributed by atoms with Crippen LogP contribution in [0.15, 0.2) is 41.0 Å². The van der Waals surface area contributed by atoms with E-state index < -0.39 is 10.8 Å². The van der Waals surface area contributed by atoms with E-state index in [0.717, 1.165) is 0 Å². The zero-order chi connectivity index (χ0) is 22.6. The highest BCUT2D eigenvalue weighted by molar-refractivity contribution is 5.92. The summed E-state index contributed by atoms with van der Waals surface area (Å²) in [6.07, 6.45) is 4.12. The molecule has 0 bridgehead atoms. The first-order valence-electron chi connectivity index (χ1n) is 9.36. The fourth-order valence-corrected chi connectivity index (χ4v) is 2.46. The predicted octanol–water partition coefficient (Wildman–Crippen LogP) is 1.65. The Morgan fingerprint density at radius 2 is 1.94 bits per heavy atom. The number of nitro groups is 1. The smallest absolute Gasteiger partial charge is 0.273 e. The van der Waals surface area contributed by atoms with E-state index in [-0.39, 0.29) is 36.3 Å². The highest BCUT2D eigenvalue weighted by Gasteiger charge is 2.17. The van der Waals surface area contributed by atoms with Crippen molar-refractivity contribution in [3.63, 3.8) is 0 Å². The quantitative estimate of drug-likeness (QED) is 0.231. The first kappa shape index (κ1) is 23.7. The summed E-state index contributed by atoms with van der Waals surface area (Å²) in [4.78, 5) is 40.4. The monoisotopic (exact) mass is 432 g/mol. The van der Waals surface area contributed by atoms with Crippen molar-refractivity contribution in [3.05, 3.63) is 63.9 Å². The summed E-state index contributed by atoms with van der Waals surface area (Å²) < 4.78 is 15.2. The van der Waals surface area contributed by atoms with E-state index in [1.807, 2.05) is 0 Å². The molecule has 0 aliphatic heterocycles. The fraction of sp³-hybridized carbons (Fsp3) is 0.350. The average Bonchev–Trinajstić information content (AvgIpc) is 3.24. The normalized spacial score (nSPS) is 10.9. The molecule has 2 aromatic rings. The highest BCUT2D eigenvalue weighted by atomic mass is 16.6. The molecule has 1 N–H and O–H groups in total. The number of hydrogen-bond acceptors (Lipinski definition) is 8. The van der Waals surface area contributed by atoms with Gasteiger partial charge in [0, 0.05) is 45.5 Å². The number of aromatic nitrogens is 1. The number of carbonyl (C=O) groups excluding carboxylic acids is 2. The number of amides is 2. The zero-order valence-electron chi connectivity index (χ0n) is 17.3. The molecular formula is C20H24N4O7. The first-order chi connectivity index (χ1) is 14.9. The number of nitro benzene ring substituents is 1. The minimum Gasteiger partial charge on any atom is -0.446 e. The van der Waals surface area contributed by atoms with Gasteiger partial charge in [-0.1, -0.05) is 0 Å². The molecule has 0 saturated heterocycles. The van der Waals surface area contributed by atoms with E-state index in [0.29, 0.717) is 25.3 Å². The van der Waals surface area contributed by atoms with Crippen LogP contribution in [0.25, 0.3) is 6.08 Å². The minimum absolute atomic E-state index is 0.0313. The van der Waals surface area contributed by atoms with Gasteiger partial charge in [0.05, 0.1) is 24.7 Å². The van der Waals surface area contributed by atoms with Gasteiger partial charge in [0.25, 0.3) is 11.6 Å². The second-order valence-corrected chi connectivity index (χ2v) is 6.31. The maximum Gasteiger partial charge on any atom is 0.273 e. The molecule has 0 aliphatic carbocycles. The van der Waals surface area contributed by atoms with Gasteiger partial charge in [0.15, 0.2) is 5.69 Å². The summed E-state index contributed by atoms with van der Waals surface area (Å²) >= 11 is 0. The van der Waals surface area contributed by atoms with Gasteiger partial charge in [-0.3, -0.25) is 19.7 Å². The minimum atomic E-state index is -0.492. The number of methoxy groups -OCH3 is 2. The van der Waals surface area contributed by atoms with Gasteiger partial charge in [-0.2, -0.15) is 0 Å². The molecule has 0 aliphatic rings. The molecule has 0 unspecified atom stereocenters. The summed E-state index contributed by atoms with van der Waals surface area (Å²) in [7, 11) is 3.05. The molecule has 0 radical (unpaired) electrons. The average molecular weight is 432 g/mol. The lowest BCUT2D eigenvalue weighted by atomic mass is 10.2. The van der Waals surface area contributed by atoms with Gasteiger partial charge in [0.1, 0.15) is 6.26 Å². The standard InChI is InChI=1S/C20H24N4O7/c1-29-11-9-21-20(26)17-14-31-18(22-17)13-23(10-12-30-2)19(25)8-5-15-3-6-16(7-4-15)24(27)28/h3-8,14H,9-13H2,1-2H3,(H,21,26)/b8-5+. The van der Waals surface area contributed by atoms with E-state index in [1.54, 1.807) is 18.2 Å². The molecule has 166 valence electrons.